The van der Waals surface area contributed by atoms with Crippen molar-refractivity contribution in [1.29, 1.82) is 0 Å². The van der Waals surface area contributed by atoms with E-state index in [1.165, 1.54) is 38.6 Å². The second-order valence-corrected chi connectivity index (χ2v) is 7.21. The minimum atomic E-state index is 0.281. The molecule has 0 spiro atoms. The number of rotatable bonds is 4. The largest absolute Gasteiger partial charge is 0.314 e. The van der Waals surface area contributed by atoms with Crippen LogP contribution in [0.3, 0.4) is 0 Å². The summed E-state index contributed by atoms with van der Waals surface area (Å²) in [7, 11) is 0. The van der Waals surface area contributed by atoms with E-state index in [2.05, 4.69) is 38.3 Å². The van der Waals surface area contributed by atoms with Crippen molar-refractivity contribution >= 4 is 0 Å². The van der Waals surface area contributed by atoms with Gasteiger partial charge in [-0.25, -0.2) is 0 Å². The number of fused-ring (bicyclic) bond motifs is 1. The number of hydrogen-bond acceptors (Lipinski definition) is 2. The molecule has 2 aliphatic rings. The second kappa shape index (κ2) is 5.27. The standard InChI is InChI=1S/C15H30N2/c1-5-6-16-13-7-11-9-14(10-12(11)8-13)17-15(2,3)4/h11-14,16-17H,5-10H2,1-4H3. The Morgan fingerprint density at radius 3 is 1.94 bits per heavy atom. The third-order valence-electron chi connectivity index (χ3n) is 4.34. The average molecular weight is 238 g/mol. The van der Waals surface area contributed by atoms with Gasteiger partial charge in [-0.1, -0.05) is 6.92 Å². The van der Waals surface area contributed by atoms with E-state index in [9.17, 15) is 0 Å². The second-order valence-electron chi connectivity index (χ2n) is 7.21. The van der Waals surface area contributed by atoms with Crippen LogP contribution in [0.15, 0.2) is 0 Å². The van der Waals surface area contributed by atoms with Crippen molar-refractivity contribution in [3.63, 3.8) is 0 Å². The molecule has 0 aromatic heterocycles. The first-order valence-electron chi connectivity index (χ1n) is 7.49. The summed E-state index contributed by atoms with van der Waals surface area (Å²) in [4.78, 5) is 0. The van der Waals surface area contributed by atoms with Gasteiger partial charge in [0, 0.05) is 17.6 Å². The molecule has 0 amide bonds. The van der Waals surface area contributed by atoms with E-state index in [1.54, 1.807) is 0 Å². The van der Waals surface area contributed by atoms with Gasteiger partial charge in [-0.05, 0) is 71.3 Å². The molecular weight excluding hydrogens is 208 g/mol. The summed E-state index contributed by atoms with van der Waals surface area (Å²) in [6, 6.07) is 1.60. The number of nitrogens with one attached hydrogen (secondary N) is 2. The van der Waals surface area contributed by atoms with Crippen LogP contribution in [0.4, 0.5) is 0 Å². The van der Waals surface area contributed by atoms with Crippen LogP contribution < -0.4 is 10.6 Å². The summed E-state index contributed by atoms with van der Waals surface area (Å²) in [6.45, 7) is 10.3. The fourth-order valence-electron chi connectivity index (χ4n) is 3.86. The Hall–Kier alpha value is -0.0800. The minimum Gasteiger partial charge on any atom is -0.314 e. The van der Waals surface area contributed by atoms with E-state index in [-0.39, 0.29) is 5.54 Å². The van der Waals surface area contributed by atoms with Crippen molar-refractivity contribution in [3.8, 4) is 0 Å². The predicted molar refractivity (Wildman–Crippen MR) is 74.2 cm³/mol. The zero-order valence-corrected chi connectivity index (χ0v) is 12.1. The molecule has 2 unspecified atom stereocenters. The molecule has 2 N–H and O–H groups in total. The molecule has 2 heteroatoms. The fraction of sp³-hybridized carbons (Fsp3) is 1.00. The topological polar surface area (TPSA) is 24.1 Å². The van der Waals surface area contributed by atoms with Gasteiger partial charge >= 0.3 is 0 Å². The number of hydrogen-bond donors (Lipinski definition) is 2. The molecule has 2 nitrogen and oxygen atoms in total. The lowest BCUT2D eigenvalue weighted by atomic mass is 10.0. The molecule has 2 saturated carbocycles. The summed E-state index contributed by atoms with van der Waals surface area (Å²) in [5, 5.41) is 7.49. The molecule has 0 aromatic carbocycles. The Labute approximate surface area is 107 Å². The van der Waals surface area contributed by atoms with Crippen molar-refractivity contribution < 1.29 is 0 Å². The minimum absolute atomic E-state index is 0.281. The van der Waals surface area contributed by atoms with Crippen LogP contribution in [0.2, 0.25) is 0 Å². The summed E-state index contributed by atoms with van der Waals surface area (Å²) in [5.41, 5.74) is 0.281. The first-order valence-corrected chi connectivity index (χ1v) is 7.49. The van der Waals surface area contributed by atoms with E-state index in [0.717, 1.165) is 23.9 Å². The predicted octanol–water partition coefficient (Wildman–Crippen LogP) is 2.93. The average Bonchev–Trinajstić information content (AvgIpc) is 2.69. The van der Waals surface area contributed by atoms with Gasteiger partial charge in [0.15, 0.2) is 0 Å². The van der Waals surface area contributed by atoms with Gasteiger partial charge in [0.1, 0.15) is 0 Å². The zero-order valence-electron chi connectivity index (χ0n) is 12.1. The van der Waals surface area contributed by atoms with Crippen molar-refractivity contribution in [2.24, 2.45) is 11.8 Å². The van der Waals surface area contributed by atoms with Crippen LogP contribution >= 0.6 is 0 Å². The highest BCUT2D eigenvalue weighted by Crippen LogP contribution is 2.44. The van der Waals surface area contributed by atoms with Crippen molar-refractivity contribution in [2.75, 3.05) is 6.54 Å². The molecule has 17 heavy (non-hydrogen) atoms. The molecule has 0 radical (unpaired) electrons. The molecule has 0 heterocycles. The molecule has 0 aliphatic heterocycles. The smallest absolute Gasteiger partial charge is 0.00991 e. The molecule has 0 saturated heterocycles. The maximum Gasteiger partial charge on any atom is 0.00991 e. The van der Waals surface area contributed by atoms with Gasteiger partial charge in [-0.2, -0.15) is 0 Å². The third-order valence-corrected chi connectivity index (χ3v) is 4.34. The molecule has 2 aliphatic carbocycles. The Morgan fingerprint density at radius 1 is 0.941 bits per heavy atom. The molecule has 2 rings (SSSR count). The van der Waals surface area contributed by atoms with Crippen molar-refractivity contribution in [1.82, 2.24) is 10.6 Å². The highest BCUT2D eigenvalue weighted by Gasteiger charge is 2.41. The van der Waals surface area contributed by atoms with Gasteiger partial charge in [-0.3, -0.25) is 0 Å². The van der Waals surface area contributed by atoms with Crippen molar-refractivity contribution in [3.05, 3.63) is 0 Å². The van der Waals surface area contributed by atoms with Crippen LogP contribution in [0.1, 0.15) is 59.8 Å². The lowest BCUT2D eigenvalue weighted by molar-refractivity contribution is 0.341. The van der Waals surface area contributed by atoms with E-state index in [0.29, 0.717) is 0 Å². The van der Waals surface area contributed by atoms with E-state index >= 15 is 0 Å². The summed E-state index contributed by atoms with van der Waals surface area (Å²) in [6.07, 6.45) is 6.93. The maximum atomic E-state index is 3.78. The zero-order chi connectivity index (χ0) is 12.5. The van der Waals surface area contributed by atoms with E-state index in [4.69, 9.17) is 0 Å². The van der Waals surface area contributed by atoms with E-state index in [1.807, 2.05) is 0 Å². The monoisotopic (exact) mass is 238 g/mol. The molecular formula is C15H30N2. The summed E-state index contributed by atoms with van der Waals surface area (Å²) in [5.74, 6) is 1.98. The molecule has 2 fully saturated rings. The summed E-state index contributed by atoms with van der Waals surface area (Å²) < 4.78 is 0. The molecule has 100 valence electrons. The van der Waals surface area contributed by atoms with Crippen LogP contribution in [0.25, 0.3) is 0 Å². The lowest BCUT2D eigenvalue weighted by Gasteiger charge is -2.26. The lowest BCUT2D eigenvalue weighted by Crippen LogP contribution is -2.43. The van der Waals surface area contributed by atoms with Gasteiger partial charge in [0.05, 0.1) is 0 Å². The van der Waals surface area contributed by atoms with Crippen LogP contribution in [-0.2, 0) is 0 Å². The van der Waals surface area contributed by atoms with Gasteiger partial charge in [0.25, 0.3) is 0 Å². The quantitative estimate of drug-likeness (QED) is 0.787. The van der Waals surface area contributed by atoms with Crippen molar-refractivity contribution in [2.45, 2.75) is 77.4 Å². The van der Waals surface area contributed by atoms with Gasteiger partial charge in [-0.15, -0.1) is 0 Å². The maximum absolute atomic E-state index is 3.78. The fourth-order valence-corrected chi connectivity index (χ4v) is 3.86. The van der Waals surface area contributed by atoms with Crippen LogP contribution in [-0.4, -0.2) is 24.2 Å². The molecule has 2 atom stereocenters. The van der Waals surface area contributed by atoms with E-state index < -0.39 is 0 Å². The molecule has 0 bridgehead atoms. The Kier molecular flexibility index (Phi) is 4.14. The molecule has 0 aromatic rings. The van der Waals surface area contributed by atoms with Gasteiger partial charge in [0.2, 0.25) is 0 Å². The van der Waals surface area contributed by atoms with Gasteiger partial charge < -0.3 is 10.6 Å². The Bertz CT molecular complexity index is 230. The highest BCUT2D eigenvalue weighted by atomic mass is 15.0. The normalized spacial score (nSPS) is 37.4. The van der Waals surface area contributed by atoms with Crippen LogP contribution in [0, 0.1) is 11.8 Å². The highest BCUT2D eigenvalue weighted by molar-refractivity contribution is 4.97. The van der Waals surface area contributed by atoms with Crippen LogP contribution in [0.5, 0.6) is 0 Å². The third kappa shape index (κ3) is 3.69. The SMILES string of the molecule is CCCNC1CC2CC(NC(C)(C)C)CC2C1. The first kappa shape index (κ1) is 13.4. The first-order chi connectivity index (χ1) is 7.98. The Balaban J connectivity index is 1.75. The Morgan fingerprint density at radius 2 is 1.47 bits per heavy atom. The summed E-state index contributed by atoms with van der Waals surface area (Å²) >= 11 is 0.